The molecule has 0 saturated heterocycles. The summed E-state index contributed by atoms with van der Waals surface area (Å²) in [5.74, 6) is -3.73. The number of fused-ring (bicyclic) bond motifs is 4. The number of amides is 2. The van der Waals surface area contributed by atoms with Gasteiger partial charge in [0.25, 0.3) is 5.91 Å². The number of carboxylic acid groups (broad SMARTS) is 2. The van der Waals surface area contributed by atoms with E-state index < -0.39 is 40.9 Å². The van der Waals surface area contributed by atoms with Crippen molar-refractivity contribution in [3.8, 4) is 50.7 Å². The number of carbonyl (C=O) groups is 4. The van der Waals surface area contributed by atoms with Crippen LogP contribution < -0.4 is 26.3 Å². The van der Waals surface area contributed by atoms with E-state index in [9.17, 15) is 39.3 Å². The Hall–Kier alpha value is -7.68. The van der Waals surface area contributed by atoms with Crippen molar-refractivity contribution in [2.75, 3.05) is 32.1 Å². The summed E-state index contributed by atoms with van der Waals surface area (Å²) in [4.78, 5) is 70.9. The van der Waals surface area contributed by atoms with Crippen LogP contribution in [0.4, 0.5) is 5.69 Å². The zero-order valence-electron chi connectivity index (χ0n) is 34.2. The molecule has 0 saturated carbocycles. The summed E-state index contributed by atoms with van der Waals surface area (Å²) in [7, 11) is 3.75. The summed E-state index contributed by atoms with van der Waals surface area (Å²) in [6.07, 6.45) is 0. The number of rotatable bonds is 11. The van der Waals surface area contributed by atoms with Gasteiger partial charge in [0.15, 0.2) is 5.43 Å². The number of aromatic carboxylic acids is 2. The molecule has 64 heavy (non-hydrogen) atoms. The molecule has 2 heterocycles. The molecule has 0 fully saturated rings. The van der Waals surface area contributed by atoms with Gasteiger partial charge < -0.3 is 39.7 Å². The van der Waals surface area contributed by atoms with Crippen molar-refractivity contribution >= 4 is 74.6 Å². The lowest BCUT2D eigenvalue weighted by Crippen LogP contribution is -2.36. The number of hydrogen-bond acceptors (Lipinski definition) is 10. The van der Waals surface area contributed by atoms with Crippen molar-refractivity contribution in [3.63, 3.8) is 0 Å². The second-order valence-electron chi connectivity index (χ2n) is 14.9. The molecule has 0 atom stereocenters. The van der Waals surface area contributed by atoms with E-state index in [1.165, 1.54) is 36.4 Å². The molecule has 322 valence electrons. The molecule has 0 bridgehead atoms. The molecule has 5 N–H and O–H groups in total. The van der Waals surface area contributed by atoms with Crippen molar-refractivity contribution in [1.29, 1.82) is 0 Å². The third kappa shape index (κ3) is 8.07. The minimum absolute atomic E-state index is 0.0586. The first kappa shape index (κ1) is 43.0. The van der Waals surface area contributed by atoms with E-state index in [4.69, 9.17) is 32.0 Å². The highest BCUT2D eigenvalue weighted by atomic mass is 35.5. The summed E-state index contributed by atoms with van der Waals surface area (Å²) in [5.41, 5.74) is 2.97. The average Bonchev–Trinajstić information content (AvgIpc) is 3.26. The van der Waals surface area contributed by atoms with Crippen molar-refractivity contribution in [3.05, 3.63) is 145 Å². The highest BCUT2D eigenvalue weighted by molar-refractivity contribution is 6.41. The third-order valence-electron chi connectivity index (χ3n) is 10.6. The quantitative estimate of drug-likeness (QED) is 0.0777. The van der Waals surface area contributed by atoms with E-state index in [1.54, 1.807) is 48.5 Å². The molecule has 0 spiro atoms. The van der Waals surface area contributed by atoms with Crippen LogP contribution in [0.25, 0.3) is 66.8 Å². The van der Waals surface area contributed by atoms with E-state index >= 15 is 0 Å². The Morgan fingerprint density at radius 1 is 0.703 bits per heavy atom. The fourth-order valence-electron chi connectivity index (χ4n) is 7.70. The zero-order chi connectivity index (χ0) is 45.6. The van der Waals surface area contributed by atoms with E-state index in [0.717, 1.165) is 5.69 Å². The molecule has 0 aromatic heterocycles. The molecule has 14 nitrogen and oxygen atoms in total. The number of carbonyl (C=O) groups excluding carboxylic acids is 2. The lowest BCUT2D eigenvalue weighted by molar-refractivity contribution is -0.120. The smallest absolute Gasteiger partial charge is 0.337 e. The minimum Gasteiger partial charge on any atom is -0.508 e. The van der Waals surface area contributed by atoms with Crippen LogP contribution in [0.2, 0.25) is 10.0 Å². The molecular formula is C48H36Cl2N4O10. The molecule has 0 unspecified atom stereocenters. The number of hydrogen-bond donors (Lipinski definition) is 5. The van der Waals surface area contributed by atoms with Gasteiger partial charge in [0.05, 0.1) is 38.6 Å². The predicted molar refractivity (Wildman–Crippen MR) is 243 cm³/mol. The maximum absolute atomic E-state index is 13.6. The Morgan fingerprint density at radius 3 is 2.09 bits per heavy atom. The van der Waals surface area contributed by atoms with Gasteiger partial charge in [-0.3, -0.25) is 19.4 Å². The summed E-state index contributed by atoms with van der Waals surface area (Å²) in [6, 6.07) is 25.1. The SMILES string of the molecule is CCN=c1ccc2c(-c3c(Cl)cc(C(=O)NCC(=O)NCc4ccc(-c5c6ccc(=O)cc-6oc6cc(O)ccc56)c(C(=O)O)c4)c(Cl)c3C(=O)O)c3ccc(N(C)C)cc3oc-2c1. The molecule has 4 aromatic carbocycles. The molecule has 0 radical (unpaired) electrons. The van der Waals surface area contributed by atoms with Gasteiger partial charge in [-0.25, -0.2) is 9.59 Å². The van der Waals surface area contributed by atoms with Gasteiger partial charge in [0.1, 0.15) is 28.4 Å². The maximum atomic E-state index is 13.6. The largest absolute Gasteiger partial charge is 0.508 e. The first-order chi connectivity index (χ1) is 30.6. The molecule has 2 aliphatic heterocycles. The van der Waals surface area contributed by atoms with Gasteiger partial charge >= 0.3 is 11.9 Å². The lowest BCUT2D eigenvalue weighted by Gasteiger charge is -2.21. The zero-order valence-corrected chi connectivity index (χ0v) is 35.7. The van der Waals surface area contributed by atoms with E-state index in [-0.39, 0.29) is 50.8 Å². The van der Waals surface area contributed by atoms with Gasteiger partial charge in [0.2, 0.25) is 5.91 Å². The number of halogens is 2. The van der Waals surface area contributed by atoms with Crippen LogP contribution in [0.5, 0.6) is 5.75 Å². The molecule has 8 rings (SSSR count). The van der Waals surface area contributed by atoms with Crippen molar-refractivity contribution in [1.82, 2.24) is 10.6 Å². The molecule has 16 heteroatoms. The highest BCUT2D eigenvalue weighted by Crippen LogP contribution is 2.47. The Morgan fingerprint density at radius 2 is 1.38 bits per heavy atom. The number of anilines is 1. The van der Waals surface area contributed by atoms with Gasteiger partial charge in [-0.15, -0.1) is 0 Å². The van der Waals surface area contributed by atoms with Crippen molar-refractivity contribution in [2.45, 2.75) is 13.5 Å². The Labute approximate surface area is 373 Å². The van der Waals surface area contributed by atoms with E-state index in [0.29, 0.717) is 67.4 Å². The first-order valence-electron chi connectivity index (χ1n) is 19.7. The molecule has 2 aliphatic carbocycles. The number of phenols is 1. The highest BCUT2D eigenvalue weighted by Gasteiger charge is 2.30. The summed E-state index contributed by atoms with van der Waals surface area (Å²) in [6.45, 7) is 1.73. The Kier molecular flexibility index (Phi) is 11.6. The van der Waals surface area contributed by atoms with E-state index in [1.807, 2.05) is 38.1 Å². The van der Waals surface area contributed by atoms with Crippen LogP contribution in [0.3, 0.4) is 0 Å². The van der Waals surface area contributed by atoms with Crippen LogP contribution in [-0.4, -0.2) is 66.3 Å². The molecule has 4 aromatic rings. The monoisotopic (exact) mass is 898 g/mol. The van der Waals surface area contributed by atoms with Gasteiger partial charge in [0, 0.05) is 95.7 Å². The summed E-state index contributed by atoms with van der Waals surface area (Å²) < 4.78 is 12.2. The van der Waals surface area contributed by atoms with Crippen molar-refractivity contribution < 1.29 is 43.3 Å². The Bertz CT molecular complexity index is 3320. The standard InChI is InChI=1S/C48H36Cl2N4O10/c1-4-51-24-6-11-31-36(16-24)63-37-17-25(54(2)3)7-12-32(37)42(31)43-35(49)20-34(45(50)44(43)48(61)62)46(58)53-22-40(57)52-21-23-5-10-28(33(15-23)47(59)60)41-29-13-8-26(55)18-38(29)64-39-19-27(56)9-14-30(39)41/h5-20,55H,4,21-22H2,1-3H3,(H,52,57)(H,53,58)(H,59,60)(H,61,62). The topological polar surface area (TPSA) is 212 Å². The number of nitrogens with zero attached hydrogens (tertiary/aromatic N) is 2. The van der Waals surface area contributed by atoms with Crippen LogP contribution in [0.15, 0.2) is 116 Å². The fourth-order valence-corrected chi connectivity index (χ4v) is 8.31. The molecule has 2 amide bonds. The van der Waals surface area contributed by atoms with Gasteiger partial charge in [-0.05, 0) is 78.7 Å². The summed E-state index contributed by atoms with van der Waals surface area (Å²) >= 11 is 13.7. The second-order valence-corrected chi connectivity index (χ2v) is 15.7. The number of carboxylic acids is 2. The second kappa shape index (κ2) is 17.2. The predicted octanol–water partition coefficient (Wildman–Crippen LogP) is 8.52. The lowest BCUT2D eigenvalue weighted by atomic mass is 9.89. The average molecular weight is 900 g/mol. The van der Waals surface area contributed by atoms with Gasteiger partial charge in [-0.2, -0.15) is 0 Å². The third-order valence-corrected chi connectivity index (χ3v) is 11.3. The maximum Gasteiger partial charge on any atom is 0.337 e. The van der Waals surface area contributed by atoms with Crippen LogP contribution >= 0.6 is 23.2 Å². The van der Waals surface area contributed by atoms with Crippen LogP contribution in [0.1, 0.15) is 43.6 Å². The fraction of sp³-hybridized carbons (Fsp3) is 0.125. The summed E-state index contributed by atoms with van der Waals surface area (Å²) in [5, 5.41) is 37.3. The van der Waals surface area contributed by atoms with Gasteiger partial charge in [-0.1, -0.05) is 35.3 Å². The number of nitrogens with one attached hydrogen (secondary N) is 2. The Balaban J connectivity index is 1.06. The number of aromatic hydroxyl groups is 1. The normalized spacial score (nSPS) is 11.7. The first-order valence-corrected chi connectivity index (χ1v) is 20.4. The van der Waals surface area contributed by atoms with E-state index in [2.05, 4.69) is 15.6 Å². The molecule has 4 aliphatic rings. The number of phenolic OH excluding ortho intramolecular Hbond substituents is 1. The van der Waals surface area contributed by atoms with Crippen molar-refractivity contribution in [2.24, 2.45) is 4.99 Å². The van der Waals surface area contributed by atoms with Crippen LogP contribution in [0, 0.1) is 0 Å². The minimum atomic E-state index is -1.45. The molecular weight excluding hydrogens is 863 g/mol. The van der Waals surface area contributed by atoms with Crippen LogP contribution in [-0.2, 0) is 11.3 Å². The number of benzene rings is 6.